The first-order chi connectivity index (χ1) is 15.0. The summed E-state index contributed by atoms with van der Waals surface area (Å²) in [6.07, 6.45) is 9.28. The minimum absolute atomic E-state index is 0.799. The second kappa shape index (κ2) is 10.2. The van der Waals surface area contributed by atoms with Crippen molar-refractivity contribution in [2.45, 2.75) is 26.3 Å². The van der Waals surface area contributed by atoms with E-state index in [1.807, 2.05) is 54.9 Å². The van der Waals surface area contributed by atoms with Crippen LogP contribution in [0.4, 0.5) is 0 Å². The van der Waals surface area contributed by atoms with E-state index >= 15 is 0 Å². The molecule has 0 aliphatic heterocycles. The van der Waals surface area contributed by atoms with E-state index in [2.05, 4.69) is 16.5 Å². The molecule has 1 aromatic heterocycles. The van der Waals surface area contributed by atoms with Gasteiger partial charge in [-0.25, -0.2) is 14.6 Å². The Morgan fingerprint density at radius 2 is 1.39 bits per heavy atom. The zero-order chi connectivity index (χ0) is 22.2. The first-order valence-corrected chi connectivity index (χ1v) is 10.1. The first-order valence-electron chi connectivity index (χ1n) is 10.1. The second-order valence-electron chi connectivity index (χ2n) is 7.08. The number of unbranched alkanes of at least 4 members (excludes halogenated alkanes) is 1. The van der Waals surface area contributed by atoms with Crippen LogP contribution in [-0.4, -0.2) is 31.7 Å². The maximum absolute atomic E-state index is 10.7. The summed E-state index contributed by atoms with van der Waals surface area (Å²) in [5.74, 6) is -1.96. The van der Waals surface area contributed by atoms with Crippen LogP contribution >= 0.6 is 0 Å². The molecule has 0 amide bonds. The number of carboxylic acid groups (broad SMARTS) is 2. The maximum Gasteiger partial charge on any atom is 0.328 e. The second-order valence-corrected chi connectivity index (χ2v) is 7.08. The monoisotopic (exact) mass is 416 g/mol. The largest absolute Gasteiger partial charge is 0.478 e. The van der Waals surface area contributed by atoms with E-state index in [4.69, 9.17) is 10.2 Å². The Labute approximate surface area is 180 Å². The van der Waals surface area contributed by atoms with Gasteiger partial charge in [0, 0.05) is 29.8 Å². The standard InChI is InChI=1S/C25H24N2O4/c1-2-3-16-27-17-26-24(20-10-4-18(5-11-20)8-14-22(28)29)25(27)21-12-6-19(7-13-21)9-15-23(30)31/h4-15,17H,2-3,16H2,1H3,(H,28,29)(H,30,31)/b14-8+,15-9+. The topological polar surface area (TPSA) is 92.4 Å². The Kier molecular flexibility index (Phi) is 7.17. The number of aryl methyl sites for hydroxylation is 1. The summed E-state index contributed by atoms with van der Waals surface area (Å²) < 4.78 is 2.14. The molecule has 3 rings (SSSR count). The molecule has 0 aliphatic carbocycles. The van der Waals surface area contributed by atoms with Crippen LogP contribution < -0.4 is 0 Å². The van der Waals surface area contributed by atoms with Gasteiger partial charge in [-0.15, -0.1) is 0 Å². The number of nitrogens with zero attached hydrogens (tertiary/aromatic N) is 2. The zero-order valence-electron chi connectivity index (χ0n) is 17.2. The Morgan fingerprint density at radius 1 is 0.871 bits per heavy atom. The lowest BCUT2D eigenvalue weighted by Crippen LogP contribution is -1.99. The van der Waals surface area contributed by atoms with Crippen molar-refractivity contribution in [3.8, 4) is 22.5 Å². The fourth-order valence-corrected chi connectivity index (χ4v) is 3.23. The number of hydrogen-bond acceptors (Lipinski definition) is 3. The summed E-state index contributed by atoms with van der Waals surface area (Å²) >= 11 is 0. The summed E-state index contributed by atoms with van der Waals surface area (Å²) in [5, 5.41) is 17.6. The van der Waals surface area contributed by atoms with E-state index in [-0.39, 0.29) is 0 Å². The lowest BCUT2D eigenvalue weighted by Gasteiger charge is -2.11. The van der Waals surface area contributed by atoms with Crippen molar-refractivity contribution in [2.75, 3.05) is 0 Å². The Balaban J connectivity index is 1.98. The molecule has 2 N–H and O–H groups in total. The van der Waals surface area contributed by atoms with Crippen LogP contribution in [0.5, 0.6) is 0 Å². The van der Waals surface area contributed by atoms with Gasteiger partial charge in [0.05, 0.1) is 17.7 Å². The fourth-order valence-electron chi connectivity index (χ4n) is 3.23. The van der Waals surface area contributed by atoms with Gasteiger partial charge in [-0.2, -0.15) is 0 Å². The maximum atomic E-state index is 10.7. The number of hydrogen-bond donors (Lipinski definition) is 2. The van der Waals surface area contributed by atoms with Gasteiger partial charge in [0.1, 0.15) is 0 Å². The van der Waals surface area contributed by atoms with E-state index in [1.165, 1.54) is 0 Å². The predicted molar refractivity (Wildman–Crippen MR) is 121 cm³/mol. The van der Waals surface area contributed by atoms with Crippen LogP contribution in [0, 0.1) is 0 Å². The van der Waals surface area contributed by atoms with Crippen molar-refractivity contribution in [3.63, 3.8) is 0 Å². The number of carboxylic acids is 2. The quantitative estimate of drug-likeness (QED) is 0.467. The molecule has 0 radical (unpaired) electrons. The van der Waals surface area contributed by atoms with Gasteiger partial charge < -0.3 is 14.8 Å². The summed E-state index contributed by atoms with van der Waals surface area (Å²) in [6.45, 7) is 2.99. The molecule has 0 atom stereocenters. The van der Waals surface area contributed by atoms with Crippen LogP contribution in [0.25, 0.3) is 34.7 Å². The van der Waals surface area contributed by atoms with Crippen molar-refractivity contribution >= 4 is 24.1 Å². The highest BCUT2D eigenvalue weighted by Gasteiger charge is 2.15. The summed E-state index contributed by atoms with van der Waals surface area (Å²) in [6, 6.07) is 15.3. The molecule has 0 saturated carbocycles. The number of imidazole rings is 1. The molecule has 0 saturated heterocycles. The van der Waals surface area contributed by atoms with Crippen molar-refractivity contribution in [3.05, 3.63) is 78.1 Å². The number of aliphatic carboxylic acids is 2. The highest BCUT2D eigenvalue weighted by Crippen LogP contribution is 2.32. The lowest BCUT2D eigenvalue weighted by atomic mass is 10.0. The van der Waals surface area contributed by atoms with Crippen molar-refractivity contribution in [1.29, 1.82) is 0 Å². The number of carbonyl (C=O) groups is 2. The molecular weight excluding hydrogens is 392 g/mol. The number of benzene rings is 2. The highest BCUT2D eigenvalue weighted by atomic mass is 16.4. The molecule has 0 fully saturated rings. The molecule has 1 heterocycles. The van der Waals surface area contributed by atoms with Gasteiger partial charge in [-0.3, -0.25) is 0 Å². The Hall–Kier alpha value is -3.93. The molecule has 0 unspecified atom stereocenters. The fraction of sp³-hybridized carbons (Fsp3) is 0.160. The first kappa shape index (κ1) is 21.8. The Bertz CT molecular complexity index is 1110. The number of rotatable bonds is 9. The molecule has 0 spiro atoms. The third kappa shape index (κ3) is 5.79. The molecule has 0 bridgehead atoms. The molecule has 6 nitrogen and oxygen atoms in total. The molecule has 158 valence electrons. The SMILES string of the molecule is CCCCn1cnc(-c2ccc(/C=C/C(=O)O)cc2)c1-c1ccc(/C=C/C(=O)O)cc1. The van der Waals surface area contributed by atoms with E-state index < -0.39 is 11.9 Å². The third-order valence-corrected chi connectivity index (χ3v) is 4.80. The van der Waals surface area contributed by atoms with E-state index in [0.717, 1.165) is 65.2 Å². The lowest BCUT2D eigenvalue weighted by molar-refractivity contribution is -0.132. The third-order valence-electron chi connectivity index (χ3n) is 4.80. The minimum atomic E-state index is -0.984. The van der Waals surface area contributed by atoms with E-state index in [1.54, 1.807) is 12.2 Å². The van der Waals surface area contributed by atoms with Crippen LogP contribution in [0.1, 0.15) is 30.9 Å². The van der Waals surface area contributed by atoms with Gasteiger partial charge in [-0.1, -0.05) is 61.9 Å². The molecule has 3 aromatic rings. The van der Waals surface area contributed by atoms with Crippen LogP contribution in [0.2, 0.25) is 0 Å². The van der Waals surface area contributed by atoms with Crippen molar-refractivity contribution < 1.29 is 19.8 Å². The molecule has 2 aromatic carbocycles. The van der Waals surface area contributed by atoms with Gasteiger partial charge in [0.15, 0.2) is 0 Å². The smallest absolute Gasteiger partial charge is 0.328 e. The van der Waals surface area contributed by atoms with Crippen LogP contribution in [0.15, 0.2) is 67.0 Å². The van der Waals surface area contributed by atoms with Crippen LogP contribution in [0.3, 0.4) is 0 Å². The van der Waals surface area contributed by atoms with Gasteiger partial charge in [-0.05, 0) is 29.7 Å². The minimum Gasteiger partial charge on any atom is -0.478 e. The van der Waals surface area contributed by atoms with E-state index in [0.29, 0.717) is 0 Å². The van der Waals surface area contributed by atoms with Gasteiger partial charge in [0.2, 0.25) is 0 Å². The average Bonchev–Trinajstić information content (AvgIpc) is 3.19. The highest BCUT2D eigenvalue weighted by molar-refractivity contribution is 5.86. The van der Waals surface area contributed by atoms with E-state index in [9.17, 15) is 9.59 Å². The summed E-state index contributed by atoms with van der Waals surface area (Å²) in [4.78, 5) is 26.1. The molecular formula is C25H24N2O4. The zero-order valence-corrected chi connectivity index (χ0v) is 17.2. The Morgan fingerprint density at radius 3 is 1.87 bits per heavy atom. The summed E-state index contributed by atoms with van der Waals surface area (Å²) in [5.41, 5.74) is 5.38. The molecule has 0 aliphatic rings. The van der Waals surface area contributed by atoms with Crippen molar-refractivity contribution in [1.82, 2.24) is 9.55 Å². The van der Waals surface area contributed by atoms with Crippen LogP contribution in [-0.2, 0) is 16.1 Å². The average molecular weight is 416 g/mol. The van der Waals surface area contributed by atoms with Gasteiger partial charge in [0.25, 0.3) is 0 Å². The normalized spacial score (nSPS) is 11.4. The van der Waals surface area contributed by atoms with Crippen molar-refractivity contribution in [2.24, 2.45) is 0 Å². The predicted octanol–water partition coefficient (Wildman–Crippen LogP) is 5.21. The summed E-state index contributed by atoms with van der Waals surface area (Å²) in [7, 11) is 0. The molecule has 6 heteroatoms. The van der Waals surface area contributed by atoms with Gasteiger partial charge >= 0.3 is 11.9 Å². The number of aromatic nitrogens is 2. The molecule has 31 heavy (non-hydrogen) atoms.